The van der Waals surface area contributed by atoms with Crippen molar-refractivity contribution in [2.24, 2.45) is 0 Å². The Labute approximate surface area is 153 Å². The van der Waals surface area contributed by atoms with Crippen LogP contribution in [0.4, 0.5) is 0 Å². The summed E-state index contributed by atoms with van der Waals surface area (Å²) in [5.41, 5.74) is 1.11. The monoisotopic (exact) mass is 352 g/mol. The number of hydrogen-bond donors (Lipinski definition) is 1. The van der Waals surface area contributed by atoms with Gasteiger partial charge in [0.15, 0.2) is 0 Å². The molecule has 5 nitrogen and oxygen atoms in total. The molecule has 0 fully saturated rings. The van der Waals surface area contributed by atoms with Gasteiger partial charge in [-0.1, -0.05) is 37.6 Å². The zero-order chi connectivity index (χ0) is 18.7. The van der Waals surface area contributed by atoms with E-state index in [2.05, 4.69) is 12.2 Å². The summed E-state index contributed by atoms with van der Waals surface area (Å²) in [6.45, 7) is 4.31. The van der Waals surface area contributed by atoms with Gasteiger partial charge in [0.25, 0.3) is 11.8 Å². The Kier molecular flexibility index (Phi) is 5.35. The van der Waals surface area contributed by atoms with Gasteiger partial charge in [-0.05, 0) is 37.3 Å². The lowest BCUT2D eigenvalue weighted by Crippen LogP contribution is -2.41. The summed E-state index contributed by atoms with van der Waals surface area (Å²) in [6, 6.07) is 11.1. The minimum Gasteiger partial charge on any atom is -0.354 e. The number of nitrogens with one attached hydrogen (secondary N) is 1. The standard InChI is InChI=1S/C21H24N2O3/c1-3-7-14(2)22-18(24)12-6-13-23-20(25)16-10-4-8-15-9-5-11-17(19(15)16)21(23)26/h4-5,8-11,14H,3,6-7,12-13H2,1-2H3,(H,22,24)/t14-/m1/s1. The van der Waals surface area contributed by atoms with E-state index < -0.39 is 0 Å². The van der Waals surface area contributed by atoms with Crippen molar-refractivity contribution in [1.82, 2.24) is 10.2 Å². The van der Waals surface area contributed by atoms with Crippen molar-refractivity contribution in [1.29, 1.82) is 0 Å². The second kappa shape index (κ2) is 7.68. The molecule has 0 radical (unpaired) electrons. The molecule has 1 N–H and O–H groups in total. The van der Waals surface area contributed by atoms with Gasteiger partial charge in [0.1, 0.15) is 0 Å². The maximum absolute atomic E-state index is 12.8. The fourth-order valence-electron chi connectivity index (χ4n) is 3.53. The van der Waals surface area contributed by atoms with Crippen molar-refractivity contribution in [2.75, 3.05) is 6.54 Å². The molecule has 0 saturated heterocycles. The van der Waals surface area contributed by atoms with Crippen LogP contribution in [0.1, 0.15) is 60.2 Å². The van der Waals surface area contributed by atoms with Gasteiger partial charge in [-0.15, -0.1) is 0 Å². The summed E-state index contributed by atoms with van der Waals surface area (Å²) >= 11 is 0. The van der Waals surface area contributed by atoms with Crippen molar-refractivity contribution >= 4 is 28.5 Å². The van der Waals surface area contributed by atoms with Gasteiger partial charge in [0.05, 0.1) is 0 Å². The van der Waals surface area contributed by atoms with E-state index in [-0.39, 0.29) is 30.3 Å². The topological polar surface area (TPSA) is 66.5 Å². The molecule has 1 aliphatic rings. The number of nitrogens with zero attached hydrogens (tertiary/aromatic N) is 1. The first-order chi connectivity index (χ1) is 12.5. The predicted molar refractivity (Wildman–Crippen MR) is 101 cm³/mol. The molecule has 0 saturated carbocycles. The highest BCUT2D eigenvalue weighted by Crippen LogP contribution is 2.29. The molecule has 1 atom stereocenters. The molecule has 0 spiro atoms. The first-order valence-electron chi connectivity index (χ1n) is 9.20. The van der Waals surface area contributed by atoms with Crippen LogP contribution in [0.2, 0.25) is 0 Å². The summed E-state index contributed by atoms with van der Waals surface area (Å²) in [6.07, 6.45) is 2.72. The van der Waals surface area contributed by atoms with Gasteiger partial charge in [0, 0.05) is 35.5 Å². The van der Waals surface area contributed by atoms with Gasteiger partial charge in [-0.25, -0.2) is 0 Å². The van der Waals surface area contributed by atoms with Gasteiger partial charge in [-0.2, -0.15) is 0 Å². The van der Waals surface area contributed by atoms with Crippen LogP contribution in [0, 0.1) is 0 Å². The summed E-state index contributed by atoms with van der Waals surface area (Å²) in [4.78, 5) is 38.8. The molecule has 3 amide bonds. The lowest BCUT2D eigenvalue weighted by atomic mass is 9.94. The van der Waals surface area contributed by atoms with E-state index in [0.29, 0.717) is 24.0 Å². The maximum atomic E-state index is 12.8. The molecule has 136 valence electrons. The third-order valence-electron chi connectivity index (χ3n) is 4.77. The zero-order valence-corrected chi connectivity index (χ0v) is 15.2. The predicted octanol–water partition coefficient (Wildman–Crippen LogP) is 3.52. The molecule has 0 unspecified atom stereocenters. The van der Waals surface area contributed by atoms with Gasteiger partial charge in [0.2, 0.25) is 5.91 Å². The molecule has 3 rings (SSSR count). The van der Waals surface area contributed by atoms with E-state index in [1.165, 1.54) is 4.90 Å². The fraction of sp³-hybridized carbons (Fsp3) is 0.381. The van der Waals surface area contributed by atoms with Crippen molar-refractivity contribution in [3.05, 3.63) is 47.5 Å². The molecule has 0 aromatic heterocycles. The number of carbonyl (C=O) groups excluding carboxylic acids is 3. The second-order valence-electron chi connectivity index (χ2n) is 6.83. The molecule has 1 aliphatic heterocycles. The Morgan fingerprint density at radius 2 is 1.69 bits per heavy atom. The molecule has 0 bridgehead atoms. The quantitative estimate of drug-likeness (QED) is 0.775. The van der Waals surface area contributed by atoms with Crippen LogP contribution in [0.15, 0.2) is 36.4 Å². The van der Waals surface area contributed by atoms with Crippen molar-refractivity contribution in [3.8, 4) is 0 Å². The number of benzene rings is 2. The molecule has 1 heterocycles. The first kappa shape index (κ1) is 18.1. The summed E-state index contributed by atoms with van der Waals surface area (Å²) in [7, 11) is 0. The van der Waals surface area contributed by atoms with E-state index in [4.69, 9.17) is 0 Å². The number of rotatable bonds is 7. The van der Waals surface area contributed by atoms with Crippen LogP contribution in [0.5, 0.6) is 0 Å². The second-order valence-corrected chi connectivity index (χ2v) is 6.83. The molecule has 26 heavy (non-hydrogen) atoms. The third-order valence-corrected chi connectivity index (χ3v) is 4.77. The Morgan fingerprint density at radius 1 is 1.08 bits per heavy atom. The van der Waals surface area contributed by atoms with Crippen LogP contribution in [-0.4, -0.2) is 35.2 Å². The Bertz CT molecular complexity index is 809. The SMILES string of the molecule is CCC[C@@H](C)NC(=O)CCCN1C(=O)c2cccc3cccc(c23)C1=O. The van der Waals surface area contributed by atoms with E-state index in [1.807, 2.05) is 31.2 Å². The minimum absolute atomic E-state index is 0.0367. The highest BCUT2D eigenvalue weighted by molar-refractivity contribution is 6.25. The Balaban J connectivity index is 1.68. The fourth-order valence-corrected chi connectivity index (χ4v) is 3.53. The lowest BCUT2D eigenvalue weighted by molar-refractivity contribution is -0.121. The number of amides is 3. The minimum atomic E-state index is -0.279. The molecular weight excluding hydrogens is 328 g/mol. The van der Waals surface area contributed by atoms with Crippen LogP contribution in [0.25, 0.3) is 10.8 Å². The van der Waals surface area contributed by atoms with E-state index >= 15 is 0 Å². The van der Waals surface area contributed by atoms with E-state index in [1.54, 1.807) is 12.1 Å². The largest absolute Gasteiger partial charge is 0.354 e. The third kappa shape index (κ3) is 3.47. The van der Waals surface area contributed by atoms with Gasteiger partial charge in [-0.3, -0.25) is 19.3 Å². The molecular formula is C21H24N2O3. The first-order valence-corrected chi connectivity index (χ1v) is 9.20. The van der Waals surface area contributed by atoms with Crippen molar-refractivity contribution in [2.45, 2.75) is 45.6 Å². The smallest absolute Gasteiger partial charge is 0.261 e. The summed E-state index contributed by atoms with van der Waals surface area (Å²) in [5.74, 6) is -0.594. The average molecular weight is 352 g/mol. The summed E-state index contributed by atoms with van der Waals surface area (Å²) < 4.78 is 0. The molecule has 0 aliphatic carbocycles. The van der Waals surface area contributed by atoms with Crippen molar-refractivity contribution < 1.29 is 14.4 Å². The van der Waals surface area contributed by atoms with E-state index in [9.17, 15) is 14.4 Å². The van der Waals surface area contributed by atoms with Crippen LogP contribution in [-0.2, 0) is 4.79 Å². The van der Waals surface area contributed by atoms with Crippen LogP contribution >= 0.6 is 0 Å². The molecule has 5 heteroatoms. The average Bonchev–Trinajstić information content (AvgIpc) is 2.62. The summed E-state index contributed by atoms with van der Waals surface area (Å²) in [5, 5.41) is 4.57. The highest BCUT2D eigenvalue weighted by atomic mass is 16.2. The Hall–Kier alpha value is -2.69. The van der Waals surface area contributed by atoms with Crippen LogP contribution in [0.3, 0.4) is 0 Å². The zero-order valence-electron chi connectivity index (χ0n) is 15.2. The highest BCUT2D eigenvalue weighted by Gasteiger charge is 2.32. The van der Waals surface area contributed by atoms with E-state index in [0.717, 1.165) is 23.6 Å². The maximum Gasteiger partial charge on any atom is 0.261 e. The number of hydrogen-bond acceptors (Lipinski definition) is 3. The lowest BCUT2D eigenvalue weighted by Gasteiger charge is -2.27. The van der Waals surface area contributed by atoms with Crippen molar-refractivity contribution in [3.63, 3.8) is 0 Å². The number of imide groups is 1. The molecule has 2 aromatic carbocycles. The normalized spacial score (nSPS) is 14.6. The van der Waals surface area contributed by atoms with Crippen LogP contribution < -0.4 is 5.32 Å². The Morgan fingerprint density at radius 3 is 2.27 bits per heavy atom. The number of carbonyl (C=O) groups is 3. The molecule has 2 aromatic rings. The van der Waals surface area contributed by atoms with Gasteiger partial charge < -0.3 is 5.32 Å². The van der Waals surface area contributed by atoms with Gasteiger partial charge >= 0.3 is 0 Å².